The average Bonchev–Trinajstić information content (AvgIpc) is 3.08. The highest BCUT2D eigenvalue weighted by Crippen LogP contribution is 2.18. The molecule has 11 nitrogen and oxygen atoms in total. The SMILES string of the molecule is Cn1nnc(C2CN(C(=O)CN3C(=O)CNC3=O)CCO2)n1. The van der Waals surface area contributed by atoms with E-state index in [9.17, 15) is 14.4 Å². The van der Waals surface area contributed by atoms with Crippen molar-refractivity contribution in [2.24, 2.45) is 7.05 Å². The normalized spacial score (nSPS) is 22.1. The molecular formula is C11H15N7O4. The second-order valence-electron chi connectivity index (χ2n) is 4.97. The summed E-state index contributed by atoms with van der Waals surface area (Å²) in [6.07, 6.45) is -0.463. The number of aromatic nitrogens is 4. The Hall–Kier alpha value is -2.56. The van der Waals surface area contributed by atoms with Crippen molar-refractivity contribution < 1.29 is 19.1 Å². The molecule has 0 bridgehead atoms. The number of imide groups is 1. The largest absolute Gasteiger partial charge is 0.366 e. The van der Waals surface area contributed by atoms with Gasteiger partial charge in [0.25, 0.3) is 5.91 Å². The van der Waals surface area contributed by atoms with Crippen LogP contribution in [0, 0.1) is 0 Å². The Kier molecular flexibility index (Phi) is 3.71. The second-order valence-corrected chi connectivity index (χ2v) is 4.97. The summed E-state index contributed by atoms with van der Waals surface area (Å²) in [7, 11) is 1.64. The lowest BCUT2D eigenvalue weighted by Crippen LogP contribution is -2.48. The van der Waals surface area contributed by atoms with Crippen molar-refractivity contribution in [3.63, 3.8) is 0 Å². The number of tetrazole rings is 1. The molecule has 1 aromatic heterocycles. The van der Waals surface area contributed by atoms with Crippen molar-refractivity contribution >= 4 is 17.8 Å². The van der Waals surface area contributed by atoms with Crippen LogP contribution in [0.1, 0.15) is 11.9 Å². The maximum atomic E-state index is 12.3. The van der Waals surface area contributed by atoms with Crippen molar-refractivity contribution in [3.05, 3.63) is 5.82 Å². The Bertz CT molecular complexity index is 599. The third-order valence-corrected chi connectivity index (χ3v) is 3.46. The lowest BCUT2D eigenvalue weighted by molar-refractivity contribution is -0.142. The molecule has 22 heavy (non-hydrogen) atoms. The number of rotatable bonds is 3. The third kappa shape index (κ3) is 2.74. The zero-order valence-electron chi connectivity index (χ0n) is 11.9. The average molecular weight is 309 g/mol. The first-order chi connectivity index (χ1) is 10.5. The van der Waals surface area contributed by atoms with E-state index in [1.54, 1.807) is 7.05 Å². The molecule has 1 N–H and O–H groups in total. The predicted octanol–water partition coefficient (Wildman–Crippen LogP) is -2.34. The standard InChI is InChI=1S/C11H15N7O4/c1-16-14-10(13-15-16)7-5-17(2-3-22-7)9(20)6-18-8(19)4-12-11(18)21/h7H,2-6H2,1H3,(H,12,21). The molecule has 2 aliphatic rings. The number of hydrogen-bond donors (Lipinski definition) is 1. The van der Waals surface area contributed by atoms with E-state index in [0.29, 0.717) is 19.0 Å². The minimum atomic E-state index is -0.543. The molecule has 0 spiro atoms. The van der Waals surface area contributed by atoms with Gasteiger partial charge in [0.05, 0.1) is 26.7 Å². The molecule has 1 unspecified atom stereocenters. The van der Waals surface area contributed by atoms with Gasteiger partial charge in [0.1, 0.15) is 12.6 Å². The van der Waals surface area contributed by atoms with E-state index in [1.807, 2.05) is 0 Å². The van der Waals surface area contributed by atoms with Crippen LogP contribution in [0.15, 0.2) is 0 Å². The quantitative estimate of drug-likeness (QED) is 0.621. The van der Waals surface area contributed by atoms with E-state index in [2.05, 4.69) is 20.7 Å². The zero-order chi connectivity index (χ0) is 15.7. The molecule has 1 atom stereocenters. The first-order valence-electron chi connectivity index (χ1n) is 6.76. The van der Waals surface area contributed by atoms with Crippen molar-refractivity contribution in [1.29, 1.82) is 0 Å². The minimum Gasteiger partial charge on any atom is -0.366 e. The van der Waals surface area contributed by atoms with Crippen LogP contribution >= 0.6 is 0 Å². The maximum absolute atomic E-state index is 12.3. The van der Waals surface area contributed by atoms with Crippen LogP contribution in [-0.4, -0.2) is 80.6 Å². The molecule has 2 aliphatic heterocycles. The number of carbonyl (C=O) groups excluding carboxylic acids is 3. The highest BCUT2D eigenvalue weighted by atomic mass is 16.5. The van der Waals surface area contributed by atoms with E-state index in [4.69, 9.17) is 4.74 Å². The van der Waals surface area contributed by atoms with Gasteiger partial charge in [-0.05, 0) is 5.21 Å². The first-order valence-corrected chi connectivity index (χ1v) is 6.76. The first kappa shape index (κ1) is 14.4. The van der Waals surface area contributed by atoms with E-state index in [-0.39, 0.29) is 25.5 Å². The summed E-state index contributed by atoms with van der Waals surface area (Å²) < 4.78 is 5.54. The number of amides is 4. The van der Waals surface area contributed by atoms with Crippen molar-refractivity contribution in [3.8, 4) is 0 Å². The van der Waals surface area contributed by atoms with Gasteiger partial charge >= 0.3 is 6.03 Å². The highest BCUT2D eigenvalue weighted by molar-refractivity contribution is 6.04. The molecule has 0 radical (unpaired) electrons. The number of ether oxygens (including phenoxy) is 1. The third-order valence-electron chi connectivity index (χ3n) is 3.46. The lowest BCUT2D eigenvalue weighted by Gasteiger charge is -2.32. The van der Waals surface area contributed by atoms with Crippen LogP contribution in [0.3, 0.4) is 0 Å². The van der Waals surface area contributed by atoms with Gasteiger partial charge in [-0.3, -0.25) is 14.5 Å². The van der Waals surface area contributed by atoms with Gasteiger partial charge in [0.15, 0.2) is 0 Å². The van der Waals surface area contributed by atoms with Gasteiger partial charge in [0, 0.05) is 6.54 Å². The summed E-state index contributed by atoms with van der Waals surface area (Å²) in [6, 6.07) is -0.543. The Morgan fingerprint density at radius 3 is 2.91 bits per heavy atom. The van der Waals surface area contributed by atoms with Crippen LogP contribution in [0.25, 0.3) is 0 Å². The van der Waals surface area contributed by atoms with E-state index in [0.717, 1.165) is 4.90 Å². The molecule has 2 saturated heterocycles. The predicted molar refractivity (Wildman–Crippen MR) is 69.2 cm³/mol. The Labute approximate surface area is 125 Å². The number of nitrogens with zero attached hydrogens (tertiary/aromatic N) is 6. The zero-order valence-corrected chi connectivity index (χ0v) is 11.9. The molecular weight excluding hydrogens is 294 g/mol. The molecule has 11 heteroatoms. The van der Waals surface area contributed by atoms with Crippen LogP contribution in [0.2, 0.25) is 0 Å². The Balaban J connectivity index is 1.63. The van der Waals surface area contributed by atoms with Gasteiger partial charge in [-0.25, -0.2) is 4.79 Å². The molecule has 4 amide bonds. The van der Waals surface area contributed by atoms with E-state index >= 15 is 0 Å². The van der Waals surface area contributed by atoms with Crippen LogP contribution in [0.4, 0.5) is 4.79 Å². The van der Waals surface area contributed by atoms with Crippen molar-refractivity contribution in [2.45, 2.75) is 6.10 Å². The Morgan fingerprint density at radius 2 is 2.27 bits per heavy atom. The monoisotopic (exact) mass is 309 g/mol. The van der Waals surface area contributed by atoms with Gasteiger partial charge in [-0.1, -0.05) is 0 Å². The molecule has 0 saturated carbocycles. The second kappa shape index (κ2) is 5.67. The molecule has 3 heterocycles. The fraction of sp³-hybridized carbons (Fsp3) is 0.636. The van der Waals surface area contributed by atoms with Crippen LogP contribution < -0.4 is 5.32 Å². The summed E-state index contributed by atoms with van der Waals surface area (Å²) >= 11 is 0. The van der Waals surface area contributed by atoms with Gasteiger partial charge in [0.2, 0.25) is 11.7 Å². The summed E-state index contributed by atoms with van der Waals surface area (Å²) in [6.45, 7) is 0.634. The molecule has 2 fully saturated rings. The number of aryl methyl sites for hydroxylation is 1. The number of carbonyl (C=O) groups is 3. The number of hydrogen-bond acceptors (Lipinski definition) is 7. The van der Waals surface area contributed by atoms with Crippen LogP contribution in [0.5, 0.6) is 0 Å². The fourth-order valence-electron chi connectivity index (χ4n) is 2.31. The topological polar surface area (TPSA) is 123 Å². The summed E-state index contributed by atoms with van der Waals surface area (Å²) in [5.41, 5.74) is 0. The molecule has 0 aliphatic carbocycles. The minimum absolute atomic E-state index is 0.0681. The number of nitrogens with one attached hydrogen (secondary N) is 1. The van der Waals surface area contributed by atoms with Gasteiger partial charge < -0.3 is 15.0 Å². The molecule has 1 aromatic rings. The van der Waals surface area contributed by atoms with Crippen molar-refractivity contribution in [1.82, 2.24) is 35.3 Å². The lowest BCUT2D eigenvalue weighted by atomic mass is 10.2. The van der Waals surface area contributed by atoms with Gasteiger partial charge in [-0.15, -0.1) is 10.2 Å². The summed E-state index contributed by atoms with van der Waals surface area (Å²) in [5, 5.41) is 14.0. The number of urea groups is 1. The van der Waals surface area contributed by atoms with Gasteiger partial charge in [-0.2, -0.15) is 4.80 Å². The molecule has 118 valence electrons. The van der Waals surface area contributed by atoms with E-state index < -0.39 is 18.0 Å². The molecule has 3 rings (SSSR count). The molecule has 0 aromatic carbocycles. The fourth-order valence-corrected chi connectivity index (χ4v) is 2.31. The summed E-state index contributed by atoms with van der Waals surface area (Å²) in [5.74, 6) is -0.323. The smallest absolute Gasteiger partial charge is 0.325 e. The van der Waals surface area contributed by atoms with Crippen LogP contribution in [-0.2, 0) is 21.4 Å². The van der Waals surface area contributed by atoms with Crippen molar-refractivity contribution in [2.75, 3.05) is 32.8 Å². The summed E-state index contributed by atoms with van der Waals surface area (Å²) in [4.78, 5) is 39.0. The highest BCUT2D eigenvalue weighted by Gasteiger charge is 2.34. The number of morpholine rings is 1. The maximum Gasteiger partial charge on any atom is 0.325 e. The Morgan fingerprint density at radius 1 is 1.45 bits per heavy atom. The van der Waals surface area contributed by atoms with E-state index in [1.165, 1.54) is 9.70 Å².